The molecule has 1 aliphatic carbocycles. The highest BCUT2D eigenvalue weighted by atomic mass is 16.5. The van der Waals surface area contributed by atoms with Gasteiger partial charge in [-0.15, -0.1) is 0 Å². The Bertz CT molecular complexity index is 359. The number of hydrogen-bond acceptors (Lipinski definition) is 5. The number of nitrogens with one attached hydrogen (secondary N) is 1. The van der Waals surface area contributed by atoms with Crippen LogP contribution < -0.4 is 5.32 Å². The van der Waals surface area contributed by atoms with E-state index >= 15 is 0 Å². The van der Waals surface area contributed by atoms with Crippen LogP contribution in [0.4, 0.5) is 0 Å². The van der Waals surface area contributed by atoms with Crippen molar-refractivity contribution in [2.45, 2.75) is 57.2 Å². The molecule has 3 unspecified atom stereocenters. The van der Waals surface area contributed by atoms with E-state index in [-0.39, 0.29) is 5.97 Å². The Labute approximate surface area is 129 Å². The maximum Gasteiger partial charge on any atom is 0.326 e. The van der Waals surface area contributed by atoms with Crippen LogP contribution in [0.1, 0.15) is 39.5 Å². The molecule has 0 bridgehead atoms. The predicted molar refractivity (Wildman–Crippen MR) is 84.3 cm³/mol. The lowest BCUT2D eigenvalue weighted by atomic mass is 9.77. The average molecular weight is 297 g/mol. The molecule has 0 amide bonds. The number of piperazine rings is 1. The molecule has 5 heteroatoms. The van der Waals surface area contributed by atoms with Crippen molar-refractivity contribution in [2.75, 3.05) is 40.3 Å². The summed E-state index contributed by atoms with van der Waals surface area (Å²) in [7, 11) is 3.69. The van der Waals surface area contributed by atoms with Crippen LogP contribution in [0.25, 0.3) is 0 Å². The Morgan fingerprint density at radius 3 is 2.81 bits per heavy atom. The molecule has 0 radical (unpaired) electrons. The Hall–Kier alpha value is -0.650. The van der Waals surface area contributed by atoms with Crippen LogP contribution in [0.3, 0.4) is 0 Å². The molecule has 2 rings (SSSR count). The standard InChI is InChI=1S/C16H31N3O2/c1-5-17-16(15(20)21-4)8-6-7-14(11-16)19-10-9-18(3)12-13(19)2/h13-14,17H,5-12H2,1-4H3. The van der Waals surface area contributed by atoms with Gasteiger partial charge in [0.1, 0.15) is 5.54 Å². The minimum absolute atomic E-state index is 0.0872. The van der Waals surface area contributed by atoms with Gasteiger partial charge in [0.2, 0.25) is 0 Å². The highest BCUT2D eigenvalue weighted by Crippen LogP contribution is 2.33. The van der Waals surface area contributed by atoms with E-state index in [9.17, 15) is 4.79 Å². The van der Waals surface area contributed by atoms with E-state index in [1.54, 1.807) is 0 Å². The second-order valence-electron chi connectivity index (χ2n) is 6.70. The number of ether oxygens (including phenoxy) is 1. The first-order valence-corrected chi connectivity index (χ1v) is 8.30. The quantitative estimate of drug-likeness (QED) is 0.787. The average Bonchev–Trinajstić information content (AvgIpc) is 2.47. The zero-order chi connectivity index (χ0) is 15.5. The summed E-state index contributed by atoms with van der Waals surface area (Å²) in [6, 6.07) is 1.05. The zero-order valence-corrected chi connectivity index (χ0v) is 14.0. The summed E-state index contributed by atoms with van der Waals surface area (Å²) in [4.78, 5) is 17.3. The Morgan fingerprint density at radius 2 is 2.19 bits per heavy atom. The molecule has 0 aromatic rings. The maximum atomic E-state index is 12.3. The number of esters is 1. The number of likely N-dealkylation sites (N-methyl/N-ethyl adjacent to an activating group) is 2. The fourth-order valence-electron chi connectivity index (χ4n) is 4.18. The lowest BCUT2D eigenvalue weighted by Gasteiger charge is -2.48. The molecule has 0 aromatic heterocycles. The summed E-state index contributed by atoms with van der Waals surface area (Å²) < 4.78 is 5.10. The normalized spacial score (nSPS) is 35.6. The second-order valence-corrected chi connectivity index (χ2v) is 6.70. The van der Waals surface area contributed by atoms with E-state index in [1.807, 2.05) is 0 Å². The van der Waals surface area contributed by atoms with Crippen molar-refractivity contribution in [3.8, 4) is 0 Å². The highest BCUT2D eigenvalue weighted by Gasteiger charge is 2.45. The van der Waals surface area contributed by atoms with Gasteiger partial charge in [0, 0.05) is 31.7 Å². The van der Waals surface area contributed by atoms with Crippen molar-refractivity contribution in [1.29, 1.82) is 0 Å². The summed E-state index contributed by atoms with van der Waals surface area (Å²) >= 11 is 0. The number of rotatable bonds is 4. The molecule has 0 spiro atoms. The summed E-state index contributed by atoms with van der Waals surface area (Å²) in [5, 5.41) is 3.43. The lowest BCUT2D eigenvalue weighted by molar-refractivity contribution is -0.151. The van der Waals surface area contributed by atoms with Gasteiger partial charge in [-0.2, -0.15) is 0 Å². The zero-order valence-electron chi connectivity index (χ0n) is 14.0. The number of methoxy groups -OCH3 is 1. The van der Waals surface area contributed by atoms with Crippen molar-refractivity contribution in [3.63, 3.8) is 0 Å². The van der Waals surface area contributed by atoms with Gasteiger partial charge in [-0.3, -0.25) is 9.69 Å². The van der Waals surface area contributed by atoms with Crippen LogP contribution in [0.2, 0.25) is 0 Å². The third-order valence-corrected chi connectivity index (χ3v) is 5.17. The first-order chi connectivity index (χ1) is 10.0. The third-order valence-electron chi connectivity index (χ3n) is 5.17. The third kappa shape index (κ3) is 3.58. The van der Waals surface area contributed by atoms with Gasteiger partial charge >= 0.3 is 5.97 Å². The molecule has 1 heterocycles. The summed E-state index contributed by atoms with van der Waals surface area (Å²) in [6.07, 6.45) is 4.05. The van der Waals surface area contributed by atoms with Crippen molar-refractivity contribution in [1.82, 2.24) is 15.1 Å². The predicted octanol–water partition coefficient (Wildman–Crippen LogP) is 1.09. The first kappa shape index (κ1) is 16.7. The van der Waals surface area contributed by atoms with E-state index in [0.717, 1.165) is 45.4 Å². The highest BCUT2D eigenvalue weighted by molar-refractivity contribution is 5.81. The lowest BCUT2D eigenvalue weighted by Crippen LogP contribution is -2.62. The summed E-state index contributed by atoms with van der Waals surface area (Å²) in [5.74, 6) is -0.0872. The van der Waals surface area contributed by atoms with Crippen molar-refractivity contribution in [2.24, 2.45) is 0 Å². The topological polar surface area (TPSA) is 44.8 Å². The molecule has 2 fully saturated rings. The molecule has 1 saturated heterocycles. The van der Waals surface area contributed by atoms with Crippen LogP contribution in [0.15, 0.2) is 0 Å². The Kier molecular flexibility index (Phi) is 5.63. The molecule has 1 aliphatic heterocycles. The molecule has 1 N–H and O–H groups in total. The SMILES string of the molecule is CCNC1(C(=O)OC)CCCC(N2CCN(C)CC2C)C1. The van der Waals surface area contributed by atoms with E-state index in [1.165, 1.54) is 13.5 Å². The first-order valence-electron chi connectivity index (χ1n) is 8.30. The monoisotopic (exact) mass is 297 g/mol. The molecule has 3 atom stereocenters. The fraction of sp³-hybridized carbons (Fsp3) is 0.938. The number of hydrogen-bond donors (Lipinski definition) is 1. The Balaban J connectivity index is 2.09. The van der Waals surface area contributed by atoms with Crippen molar-refractivity contribution < 1.29 is 9.53 Å². The van der Waals surface area contributed by atoms with Crippen LogP contribution in [0, 0.1) is 0 Å². The van der Waals surface area contributed by atoms with E-state index < -0.39 is 5.54 Å². The maximum absolute atomic E-state index is 12.3. The van der Waals surface area contributed by atoms with Crippen molar-refractivity contribution in [3.05, 3.63) is 0 Å². The largest absolute Gasteiger partial charge is 0.468 e. The van der Waals surface area contributed by atoms with Gasteiger partial charge in [0.05, 0.1) is 7.11 Å². The molecule has 1 saturated carbocycles. The van der Waals surface area contributed by atoms with Gasteiger partial charge < -0.3 is 15.0 Å². The summed E-state index contributed by atoms with van der Waals surface area (Å²) in [5.41, 5.74) is -0.477. The number of nitrogens with zero attached hydrogens (tertiary/aromatic N) is 2. The van der Waals surface area contributed by atoms with E-state index in [0.29, 0.717) is 12.1 Å². The van der Waals surface area contributed by atoms with Crippen LogP contribution in [0.5, 0.6) is 0 Å². The smallest absolute Gasteiger partial charge is 0.326 e. The number of carbonyl (C=O) groups is 1. The van der Waals surface area contributed by atoms with Gasteiger partial charge in [0.15, 0.2) is 0 Å². The summed E-state index contributed by atoms with van der Waals surface area (Å²) in [6.45, 7) is 8.51. The van der Waals surface area contributed by atoms with Crippen LogP contribution in [-0.2, 0) is 9.53 Å². The van der Waals surface area contributed by atoms with Crippen LogP contribution >= 0.6 is 0 Å². The minimum Gasteiger partial charge on any atom is -0.468 e. The minimum atomic E-state index is -0.477. The van der Waals surface area contributed by atoms with Crippen molar-refractivity contribution >= 4 is 5.97 Å². The van der Waals surface area contributed by atoms with Gasteiger partial charge in [-0.1, -0.05) is 6.92 Å². The Morgan fingerprint density at radius 1 is 1.43 bits per heavy atom. The second kappa shape index (κ2) is 7.07. The molecule has 5 nitrogen and oxygen atoms in total. The molecule has 0 aromatic carbocycles. The van der Waals surface area contributed by atoms with Gasteiger partial charge in [0.25, 0.3) is 0 Å². The number of carbonyl (C=O) groups excluding carboxylic acids is 1. The molecule has 21 heavy (non-hydrogen) atoms. The van der Waals surface area contributed by atoms with Gasteiger partial charge in [-0.25, -0.2) is 0 Å². The van der Waals surface area contributed by atoms with E-state index in [2.05, 4.69) is 36.0 Å². The molecular formula is C16H31N3O2. The molecular weight excluding hydrogens is 266 g/mol. The fourth-order valence-corrected chi connectivity index (χ4v) is 4.18. The molecule has 2 aliphatic rings. The molecule has 122 valence electrons. The van der Waals surface area contributed by atoms with Gasteiger partial charge in [-0.05, 0) is 46.2 Å². The van der Waals surface area contributed by atoms with E-state index in [4.69, 9.17) is 4.74 Å². The van der Waals surface area contributed by atoms with Crippen LogP contribution in [-0.4, -0.2) is 73.7 Å².